The summed E-state index contributed by atoms with van der Waals surface area (Å²) in [7, 11) is 3.35. The Morgan fingerprint density at radius 2 is 1.89 bits per heavy atom. The van der Waals surface area contributed by atoms with Crippen LogP contribution in [0.5, 0.6) is 5.75 Å². The molecule has 5 atom stereocenters. The van der Waals surface area contributed by atoms with Crippen LogP contribution in [0.3, 0.4) is 0 Å². The predicted octanol–water partition coefficient (Wildman–Crippen LogP) is 4.55. The van der Waals surface area contributed by atoms with Gasteiger partial charge < -0.3 is 18.9 Å². The van der Waals surface area contributed by atoms with Crippen LogP contribution in [0, 0.1) is 17.3 Å². The first-order chi connectivity index (χ1) is 13.5. The Bertz CT molecular complexity index is 643. The maximum absolute atomic E-state index is 11.6. The van der Waals surface area contributed by atoms with Gasteiger partial charge in [0.25, 0.3) is 0 Å². The minimum atomic E-state index is -0.163. The number of rotatable bonds is 8. The van der Waals surface area contributed by atoms with Crippen molar-refractivity contribution in [2.24, 2.45) is 17.3 Å². The average Bonchev–Trinajstić information content (AvgIpc) is 3.01. The number of fused-ring (bicyclic) bond motifs is 1. The Balaban J connectivity index is 1.81. The third-order valence-electron chi connectivity index (χ3n) is 7.00. The third kappa shape index (κ3) is 4.36. The fraction of sp³-hybridized carbons (Fsp3) is 0.696. The molecule has 0 saturated heterocycles. The van der Waals surface area contributed by atoms with Crippen molar-refractivity contribution in [1.29, 1.82) is 0 Å². The van der Waals surface area contributed by atoms with Gasteiger partial charge in [0.15, 0.2) is 0 Å². The summed E-state index contributed by atoms with van der Waals surface area (Å²) in [4.78, 5) is 11.6. The van der Waals surface area contributed by atoms with Crippen LogP contribution in [-0.4, -0.2) is 39.7 Å². The van der Waals surface area contributed by atoms with Crippen LogP contribution in [0.25, 0.3) is 0 Å². The highest BCUT2D eigenvalue weighted by Gasteiger charge is 2.55. The lowest BCUT2D eigenvalue weighted by Crippen LogP contribution is -2.44. The van der Waals surface area contributed by atoms with Crippen molar-refractivity contribution in [3.05, 3.63) is 29.8 Å². The highest BCUT2D eigenvalue weighted by molar-refractivity contribution is 5.66. The maximum Gasteiger partial charge on any atom is 0.302 e. The molecule has 5 heteroatoms. The fourth-order valence-corrected chi connectivity index (χ4v) is 5.66. The summed E-state index contributed by atoms with van der Waals surface area (Å²) >= 11 is 0. The smallest absolute Gasteiger partial charge is 0.302 e. The van der Waals surface area contributed by atoms with Crippen LogP contribution in [0.2, 0.25) is 0 Å². The molecule has 3 rings (SSSR count). The monoisotopic (exact) mass is 390 g/mol. The lowest BCUT2D eigenvalue weighted by Gasteiger charge is -2.48. The Morgan fingerprint density at radius 1 is 1.14 bits per heavy atom. The van der Waals surface area contributed by atoms with Crippen molar-refractivity contribution in [1.82, 2.24) is 0 Å². The fourth-order valence-electron chi connectivity index (χ4n) is 5.66. The van der Waals surface area contributed by atoms with Crippen molar-refractivity contribution in [3.63, 3.8) is 0 Å². The molecule has 0 aliphatic heterocycles. The minimum absolute atomic E-state index is 0.0363. The third-order valence-corrected chi connectivity index (χ3v) is 7.00. The Hall–Kier alpha value is -1.59. The first-order valence-electron chi connectivity index (χ1n) is 10.4. The van der Waals surface area contributed by atoms with Gasteiger partial charge in [-0.15, -0.1) is 0 Å². The number of carbonyl (C=O) groups excluding carboxylic acids is 1. The van der Waals surface area contributed by atoms with E-state index in [1.807, 2.05) is 0 Å². The zero-order valence-corrected chi connectivity index (χ0v) is 17.6. The molecule has 0 spiro atoms. The summed E-state index contributed by atoms with van der Waals surface area (Å²) in [5, 5.41) is 0. The van der Waals surface area contributed by atoms with E-state index in [0.717, 1.165) is 37.9 Å². The lowest BCUT2D eigenvalue weighted by atomic mass is 9.58. The molecule has 156 valence electrons. The van der Waals surface area contributed by atoms with E-state index in [2.05, 4.69) is 31.2 Å². The summed E-state index contributed by atoms with van der Waals surface area (Å²) in [6.45, 7) is 4.87. The lowest BCUT2D eigenvalue weighted by molar-refractivity contribution is -0.155. The number of esters is 1. The van der Waals surface area contributed by atoms with Crippen molar-refractivity contribution < 1.29 is 23.7 Å². The first kappa shape index (κ1) is 21.1. The largest absolute Gasteiger partial charge is 0.497 e. The maximum atomic E-state index is 11.6. The zero-order chi connectivity index (χ0) is 20.1. The van der Waals surface area contributed by atoms with E-state index in [0.29, 0.717) is 31.2 Å². The number of hydrogen-bond donors (Lipinski definition) is 0. The number of ether oxygens (including phenoxy) is 4. The molecular formula is C23H34O5. The molecule has 2 saturated carbocycles. The molecule has 2 aliphatic carbocycles. The van der Waals surface area contributed by atoms with Gasteiger partial charge in [-0.3, -0.25) is 4.79 Å². The second-order valence-electron chi connectivity index (χ2n) is 8.47. The number of methoxy groups -OCH3 is 2. The van der Waals surface area contributed by atoms with Gasteiger partial charge in [-0.25, -0.2) is 0 Å². The molecule has 1 aromatic carbocycles. The molecule has 0 unspecified atom stereocenters. The van der Waals surface area contributed by atoms with Crippen molar-refractivity contribution in [2.75, 3.05) is 27.6 Å². The van der Waals surface area contributed by atoms with E-state index in [9.17, 15) is 4.79 Å². The highest BCUT2D eigenvalue weighted by atomic mass is 16.7. The Kier molecular flexibility index (Phi) is 7.00. The normalized spacial score (nSPS) is 32.0. The van der Waals surface area contributed by atoms with Crippen molar-refractivity contribution in [2.45, 2.75) is 58.0 Å². The van der Waals surface area contributed by atoms with E-state index in [-0.39, 0.29) is 17.5 Å². The molecule has 0 aromatic heterocycles. The molecule has 0 N–H and O–H groups in total. The second kappa shape index (κ2) is 9.27. The molecule has 0 amide bonds. The minimum Gasteiger partial charge on any atom is -0.497 e. The summed E-state index contributed by atoms with van der Waals surface area (Å²) in [5.41, 5.74) is 1.43. The van der Waals surface area contributed by atoms with Crippen molar-refractivity contribution in [3.8, 4) is 5.75 Å². The summed E-state index contributed by atoms with van der Waals surface area (Å²) in [6, 6.07) is 8.51. The SMILES string of the molecule is COCOCC[C@H]1[C@@H](c2ccc(OC)cc2)CC[C@]2(C)[C@@H](OC(C)=O)CC[C@@H]12. The predicted molar refractivity (Wildman–Crippen MR) is 107 cm³/mol. The van der Waals surface area contributed by atoms with E-state index < -0.39 is 0 Å². The molecule has 0 radical (unpaired) electrons. The van der Waals surface area contributed by atoms with Gasteiger partial charge >= 0.3 is 5.97 Å². The number of benzene rings is 1. The number of carbonyl (C=O) groups is 1. The number of hydrogen-bond acceptors (Lipinski definition) is 5. The van der Waals surface area contributed by atoms with Gasteiger partial charge in [0.05, 0.1) is 7.11 Å². The van der Waals surface area contributed by atoms with Crippen LogP contribution in [0.15, 0.2) is 24.3 Å². The van der Waals surface area contributed by atoms with Crippen LogP contribution in [0.4, 0.5) is 0 Å². The molecule has 0 heterocycles. The van der Waals surface area contributed by atoms with E-state index in [4.69, 9.17) is 18.9 Å². The van der Waals surface area contributed by atoms with Gasteiger partial charge in [-0.05, 0) is 67.6 Å². The standard InChI is InChI=1S/C23H34O5/c1-16(24)28-22-10-9-21-20(12-14-27-15-25-3)19(11-13-23(21,22)2)17-5-7-18(26-4)8-6-17/h5-8,19-22H,9-15H2,1-4H3/t19-,20+,21+,22+,23+/m1/s1. The average molecular weight is 391 g/mol. The molecule has 1 aromatic rings. The molecule has 2 aliphatic rings. The summed E-state index contributed by atoms with van der Waals surface area (Å²) < 4.78 is 21.8. The molecule has 2 fully saturated rings. The van der Waals surface area contributed by atoms with E-state index >= 15 is 0 Å². The quantitative estimate of drug-likeness (QED) is 0.370. The summed E-state index contributed by atoms with van der Waals surface area (Å²) in [6.07, 6.45) is 5.29. The van der Waals surface area contributed by atoms with Crippen LogP contribution in [0.1, 0.15) is 57.4 Å². The van der Waals surface area contributed by atoms with Crippen molar-refractivity contribution >= 4 is 5.97 Å². The van der Waals surface area contributed by atoms with Gasteiger partial charge in [0.1, 0.15) is 18.6 Å². The molecule has 28 heavy (non-hydrogen) atoms. The molecule has 0 bridgehead atoms. The van der Waals surface area contributed by atoms with Gasteiger partial charge in [0, 0.05) is 26.1 Å². The Morgan fingerprint density at radius 3 is 2.54 bits per heavy atom. The second-order valence-corrected chi connectivity index (χ2v) is 8.47. The van der Waals surface area contributed by atoms with Gasteiger partial charge in [-0.2, -0.15) is 0 Å². The molecular weight excluding hydrogens is 356 g/mol. The van der Waals surface area contributed by atoms with E-state index in [1.165, 1.54) is 12.5 Å². The summed E-state index contributed by atoms with van der Waals surface area (Å²) in [5.74, 6) is 2.25. The van der Waals surface area contributed by atoms with Gasteiger partial charge in [0.2, 0.25) is 0 Å². The van der Waals surface area contributed by atoms with E-state index in [1.54, 1.807) is 14.2 Å². The van der Waals surface area contributed by atoms with Crippen LogP contribution >= 0.6 is 0 Å². The van der Waals surface area contributed by atoms with Gasteiger partial charge in [-0.1, -0.05) is 19.1 Å². The topological polar surface area (TPSA) is 54.0 Å². The van der Waals surface area contributed by atoms with Crippen LogP contribution in [-0.2, 0) is 19.0 Å². The van der Waals surface area contributed by atoms with Crippen LogP contribution < -0.4 is 4.74 Å². The molecule has 5 nitrogen and oxygen atoms in total. The first-order valence-corrected chi connectivity index (χ1v) is 10.4. The highest BCUT2D eigenvalue weighted by Crippen LogP contribution is 2.60. The zero-order valence-electron chi connectivity index (χ0n) is 17.6. The Labute approximate surface area is 168 Å².